The summed E-state index contributed by atoms with van der Waals surface area (Å²) in [5.74, 6) is -0.381. The van der Waals surface area contributed by atoms with Crippen LogP contribution in [0.5, 0.6) is 0 Å². The smallest absolute Gasteiger partial charge is 0.244 e. The van der Waals surface area contributed by atoms with Crippen LogP contribution in [-0.2, 0) is 27.1 Å². The van der Waals surface area contributed by atoms with E-state index in [1.165, 1.54) is 17.2 Å². The second-order valence-corrected chi connectivity index (χ2v) is 8.08. The Morgan fingerprint density at radius 3 is 2.19 bits per heavy atom. The molecule has 0 aliphatic rings. The van der Waals surface area contributed by atoms with Gasteiger partial charge >= 0.3 is 0 Å². The summed E-state index contributed by atoms with van der Waals surface area (Å²) in [6.07, 6.45) is 3.33. The van der Waals surface area contributed by atoms with Crippen molar-refractivity contribution in [2.75, 3.05) is 0 Å². The van der Waals surface area contributed by atoms with Crippen LogP contribution in [0, 0.1) is 20.8 Å². The maximum absolute atomic E-state index is 12.0. The van der Waals surface area contributed by atoms with Crippen LogP contribution in [0.4, 0.5) is 0 Å². The predicted octanol–water partition coefficient (Wildman–Crippen LogP) is 2.73. The Hall–Kier alpha value is -2.44. The molecule has 0 saturated carbocycles. The lowest BCUT2D eigenvalue weighted by Gasteiger charge is -2.07. The first kappa shape index (κ1) is 19.9. The molecular formula is C20H24N2O3S. The summed E-state index contributed by atoms with van der Waals surface area (Å²) >= 11 is 0. The standard InChI is InChI=1S/C20H24N2O3S/c1-14-10-16(3)19(11-15(14)2)8-9-20(23)22-12-17-4-6-18(7-5-17)13-26(21,24)25/h4-11H,12-13H2,1-3H3,(H,22,23)(H2,21,24,25). The number of aryl methyl sites for hydroxylation is 3. The fourth-order valence-electron chi connectivity index (χ4n) is 2.56. The lowest BCUT2D eigenvalue weighted by atomic mass is 10.0. The number of hydrogen-bond donors (Lipinski definition) is 2. The van der Waals surface area contributed by atoms with Gasteiger partial charge in [0.25, 0.3) is 0 Å². The van der Waals surface area contributed by atoms with E-state index in [-0.39, 0.29) is 11.7 Å². The van der Waals surface area contributed by atoms with Crippen molar-refractivity contribution in [3.05, 3.63) is 75.9 Å². The van der Waals surface area contributed by atoms with Crippen molar-refractivity contribution in [2.24, 2.45) is 5.14 Å². The first-order valence-corrected chi connectivity index (χ1v) is 9.97. The second kappa shape index (κ2) is 8.29. The van der Waals surface area contributed by atoms with Gasteiger partial charge in [-0.1, -0.05) is 36.4 Å². The molecule has 0 saturated heterocycles. The maximum atomic E-state index is 12.0. The fraction of sp³-hybridized carbons (Fsp3) is 0.250. The maximum Gasteiger partial charge on any atom is 0.244 e. The van der Waals surface area contributed by atoms with Crippen LogP contribution in [0.3, 0.4) is 0 Å². The quantitative estimate of drug-likeness (QED) is 0.764. The third kappa shape index (κ3) is 6.13. The largest absolute Gasteiger partial charge is 0.348 e. The molecule has 2 rings (SSSR count). The molecule has 0 radical (unpaired) electrons. The number of nitrogens with one attached hydrogen (secondary N) is 1. The molecule has 2 aromatic carbocycles. The lowest BCUT2D eigenvalue weighted by molar-refractivity contribution is -0.116. The van der Waals surface area contributed by atoms with Gasteiger partial charge in [0.15, 0.2) is 0 Å². The number of amides is 1. The van der Waals surface area contributed by atoms with Gasteiger partial charge in [-0.2, -0.15) is 0 Å². The average molecular weight is 372 g/mol. The summed E-state index contributed by atoms with van der Waals surface area (Å²) in [7, 11) is -3.54. The summed E-state index contributed by atoms with van der Waals surface area (Å²) in [6.45, 7) is 6.50. The molecule has 0 spiro atoms. The first-order valence-electron chi connectivity index (χ1n) is 8.26. The summed E-state index contributed by atoms with van der Waals surface area (Å²) < 4.78 is 22.1. The molecule has 0 aliphatic carbocycles. The van der Waals surface area contributed by atoms with E-state index in [0.29, 0.717) is 12.1 Å². The van der Waals surface area contributed by atoms with E-state index >= 15 is 0 Å². The summed E-state index contributed by atoms with van der Waals surface area (Å²) in [4.78, 5) is 12.0. The normalized spacial score (nSPS) is 11.7. The van der Waals surface area contributed by atoms with E-state index in [1.54, 1.807) is 24.3 Å². The SMILES string of the molecule is Cc1cc(C)c(C=CC(=O)NCc2ccc(CS(N)(=O)=O)cc2)cc1C. The molecule has 26 heavy (non-hydrogen) atoms. The Bertz CT molecular complexity index is 930. The summed E-state index contributed by atoms with van der Waals surface area (Å²) in [5, 5.41) is 7.83. The van der Waals surface area contributed by atoms with E-state index in [9.17, 15) is 13.2 Å². The number of carbonyl (C=O) groups excluding carboxylic acids is 1. The number of rotatable bonds is 6. The second-order valence-electron chi connectivity index (χ2n) is 6.47. The van der Waals surface area contributed by atoms with Gasteiger partial charge in [0.1, 0.15) is 0 Å². The summed E-state index contributed by atoms with van der Waals surface area (Å²) in [6, 6.07) is 11.1. The van der Waals surface area contributed by atoms with E-state index < -0.39 is 10.0 Å². The van der Waals surface area contributed by atoms with Crippen LogP contribution in [0.2, 0.25) is 0 Å². The van der Waals surface area contributed by atoms with E-state index in [0.717, 1.165) is 16.7 Å². The zero-order chi connectivity index (χ0) is 19.3. The van der Waals surface area contributed by atoms with Gasteiger partial charge in [0, 0.05) is 12.6 Å². The molecule has 2 aromatic rings. The van der Waals surface area contributed by atoms with Crippen molar-refractivity contribution < 1.29 is 13.2 Å². The molecule has 5 nitrogen and oxygen atoms in total. The number of carbonyl (C=O) groups is 1. The molecule has 0 aliphatic heterocycles. The Morgan fingerprint density at radius 2 is 1.58 bits per heavy atom. The molecular weight excluding hydrogens is 348 g/mol. The van der Waals surface area contributed by atoms with E-state index in [1.807, 2.05) is 19.9 Å². The van der Waals surface area contributed by atoms with Crippen molar-refractivity contribution in [1.82, 2.24) is 5.32 Å². The van der Waals surface area contributed by atoms with E-state index in [4.69, 9.17) is 5.14 Å². The number of nitrogens with two attached hydrogens (primary N) is 1. The number of primary sulfonamides is 1. The van der Waals surface area contributed by atoms with Crippen molar-refractivity contribution in [1.29, 1.82) is 0 Å². The minimum atomic E-state index is -3.54. The lowest BCUT2D eigenvalue weighted by Crippen LogP contribution is -2.20. The van der Waals surface area contributed by atoms with Crippen LogP contribution in [-0.4, -0.2) is 14.3 Å². The van der Waals surface area contributed by atoms with Crippen LogP contribution >= 0.6 is 0 Å². The molecule has 138 valence electrons. The minimum Gasteiger partial charge on any atom is -0.348 e. The van der Waals surface area contributed by atoms with Crippen molar-refractivity contribution >= 4 is 22.0 Å². The topological polar surface area (TPSA) is 89.3 Å². The minimum absolute atomic E-state index is 0.184. The van der Waals surface area contributed by atoms with Crippen LogP contribution in [0.25, 0.3) is 6.08 Å². The molecule has 0 aromatic heterocycles. The van der Waals surface area contributed by atoms with Crippen molar-refractivity contribution in [2.45, 2.75) is 33.1 Å². The van der Waals surface area contributed by atoms with Gasteiger partial charge in [0.2, 0.25) is 15.9 Å². The molecule has 0 heterocycles. The van der Waals surface area contributed by atoms with Gasteiger partial charge in [-0.3, -0.25) is 4.79 Å². The first-order chi connectivity index (χ1) is 12.1. The van der Waals surface area contributed by atoms with Crippen LogP contribution in [0.15, 0.2) is 42.5 Å². The average Bonchev–Trinajstić information content (AvgIpc) is 2.55. The van der Waals surface area contributed by atoms with Gasteiger partial charge in [0.05, 0.1) is 5.75 Å². The van der Waals surface area contributed by atoms with E-state index in [2.05, 4.69) is 24.4 Å². The third-order valence-electron chi connectivity index (χ3n) is 4.15. The molecule has 0 fully saturated rings. The van der Waals surface area contributed by atoms with Gasteiger partial charge < -0.3 is 5.32 Å². The monoisotopic (exact) mass is 372 g/mol. The molecule has 0 bridgehead atoms. The highest BCUT2D eigenvalue weighted by molar-refractivity contribution is 7.88. The van der Waals surface area contributed by atoms with Crippen LogP contribution < -0.4 is 10.5 Å². The molecule has 1 amide bonds. The predicted molar refractivity (Wildman–Crippen MR) is 105 cm³/mol. The Balaban J connectivity index is 1.93. The Labute approximate surface area is 155 Å². The highest BCUT2D eigenvalue weighted by Crippen LogP contribution is 2.16. The van der Waals surface area contributed by atoms with Crippen LogP contribution in [0.1, 0.15) is 33.4 Å². The fourth-order valence-corrected chi connectivity index (χ4v) is 3.22. The molecule has 3 N–H and O–H groups in total. The third-order valence-corrected chi connectivity index (χ3v) is 4.89. The highest BCUT2D eigenvalue weighted by Gasteiger charge is 2.05. The van der Waals surface area contributed by atoms with Crippen molar-refractivity contribution in [3.63, 3.8) is 0 Å². The Kier molecular flexibility index (Phi) is 6.34. The summed E-state index contributed by atoms with van der Waals surface area (Å²) in [5.41, 5.74) is 6.07. The highest BCUT2D eigenvalue weighted by atomic mass is 32.2. The molecule has 0 unspecified atom stereocenters. The Morgan fingerprint density at radius 1 is 1.00 bits per heavy atom. The van der Waals surface area contributed by atoms with Gasteiger partial charge in [-0.25, -0.2) is 13.6 Å². The zero-order valence-electron chi connectivity index (χ0n) is 15.2. The number of hydrogen-bond acceptors (Lipinski definition) is 3. The zero-order valence-corrected chi connectivity index (χ0v) is 16.1. The molecule has 0 atom stereocenters. The number of sulfonamides is 1. The van der Waals surface area contributed by atoms with Crippen molar-refractivity contribution in [3.8, 4) is 0 Å². The number of benzene rings is 2. The van der Waals surface area contributed by atoms with Gasteiger partial charge in [-0.15, -0.1) is 0 Å². The molecule has 6 heteroatoms. The van der Waals surface area contributed by atoms with Gasteiger partial charge in [-0.05, 0) is 60.2 Å².